The summed E-state index contributed by atoms with van der Waals surface area (Å²) in [5, 5.41) is 0.968. The number of hydrogen-bond acceptors (Lipinski definition) is 5. The number of para-hydroxylation sites is 1. The van der Waals surface area contributed by atoms with Crippen molar-refractivity contribution < 1.29 is 14.3 Å². The van der Waals surface area contributed by atoms with Crippen LogP contribution in [-0.2, 0) is 14.3 Å². The highest BCUT2D eigenvalue weighted by molar-refractivity contribution is 7.18. The van der Waals surface area contributed by atoms with E-state index in [4.69, 9.17) is 4.74 Å². The molecule has 5 nitrogen and oxygen atoms in total. The Hall–Kier alpha value is -1.95. The van der Waals surface area contributed by atoms with Gasteiger partial charge >= 0.3 is 5.97 Å². The maximum atomic E-state index is 12.4. The summed E-state index contributed by atoms with van der Waals surface area (Å²) < 4.78 is 6.78. The molecule has 6 heteroatoms. The van der Waals surface area contributed by atoms with Crippen molar-refractivity contribution >= 4 is 33.4 Å². The van der Waals surface area contributed by atoms with Crippen molar-refractivity contribution in [2.24, 2.45) is 5.92 Å². The van der Waals surface area contributed by atoms with Crippen LogP contribution in [0.15, 0.2) is 24.3 Å². The lowest BCUT2D eigenvalue weighted by Crippen LogP contribution is -2.39. The van der Waals surface area contributed by atoms with Crippen LogP contribution < -0.4 is 0 Å². The van der Waals surface area contributed by atoms with Crippen molar-refractivity contribution in [1.29, 1.82) is 0 Å². The van der Waals surface area contributed by atoms with E-state index in [0.29, 0.717) is 13.0 Å². The molecule has 0 N–H and O–H groups in total. The van der Waals surface area contributed by atoms with Gasteiger partial charge in [0.05, 0.1) is 16.1 Å². The van der Waals surface area contributed by atoms with Crippen molar-refractivity contribution in [2.75, 3.05) is 13.6 Å². The molecule has 1 fully saturated rings. The summed E-state index contributed by atoms with van der Waals surface area (Å²) in [6.07, 6.45) is 0.647. The van der Waals surface area contributed by atoms with Gasteiger partial charge in [-0.15, -0.1) is 11.3 Å². The molecule has 1 saturated heterocycles. The van der Waals surface area contributed by atoms with E-state index < -0.39 is 0 Å². The maximum Gasteiger partial charge on any atom is 0.309 e. The molecule has 2 heterocycles. The zero-order chi connectivity index (χ0) is 17.3. The summed E-state index contributed by atoms with van der Waals surface area (Å²) in [6, 6.07) is 8.00. The second-order valence-electron chi connectivity index (χ2n) is 6.46. The number of piperidine rings is 1. The highest BCUT2D eigenvalue weighted by Crippen LogP contribution is 2.31. The Labute approximate surface area is 145 Å². The number of likely N-dealkylation sites (tertiary alicyclic amines) is 1. The molecule has 1 aliphatic rings. The summed E-state index contributed by atoms with van der Waals surface area (Å²) in [7, 11) is 1.77. The number of thiazole rings is 1. The zero-order valence-electron chi connectivity index (χ0n) is 14.2. The Morgan fingerprint density at radius 3 is 2.83 bits per heavy atom. The first kappa shape index (κ1) is 16.9. The molecule has 3 rings (SSSR count). The number of ether oxygens (including phenoxy) is 1. The third-order valence-electron chi connectivity index (χ3n) is 4.70. The Balaban J connectivity index is 1.64. The van der Waals surface area contributed by atoms with E-state index in [1.54, 1.807) is 23.3 Å². The minimum absolute atomic E-state index is 0.00933. The van der Waals surface area contributed by atoms with Crippen LogP contribution in [0, 0.1) is 5.92 Å². The Bertz CT molecular complexity index is 725. The summed E-state index contributed by atoms with van der Waals surface area (Å²) in [5.41, 5.74) is 0.976. The monoisotopic (exact) mass is 346 g/mol. The van der Waals surface area contributed by atoms with Crippen LogP contribution >= 0.6 is 11.3 Å². The van der Waals surface area contributed by atoms with Gasteiger partial charge in [0.25, 0.3) is 0 Å². The van der Waals surface area contributed by atoms with Gasteiger partial charge in [0.15, 0.2) is 0 Å². The van der Waals surface area contributed by atoms with E-state index in [-0.39, 0.29) is 36.2 Å². The minimum Gasteiger partial charge on any atom is -0.462 e. The number of hydrogen-bond donors (Lipinski definition) is 0. The predicted octanol–water partition coefficient (Wildman–Crippen LogP) is 3.20. The van der Waals surface area contributed by atoms with Gasteiger partial charge in [0.2, 0.25) is 5.91 Å². The summed E-state index contributed by atoms with van der Waals surface area (Å²) in [5.74, 6) is -0.556. The maximum absolute atomic E-state index is 12.4. The van der Waals surface area contributed by atoms with Gasteiger partial charge in [-0.2, -0.15) is 0 Å². The molecule has 1 amide bonds. The van der Waals surface area contributed by atoms with E-state index in [1.165, 1.54) is 0 Å². The SMILES string of the molecule is CC(OC(=O)C1CCN(C)C(=O)C1)C(C)c1nc2ccccc2s1. The van der Waals surface area contributed by atoms with Gasteiger partial charge in [0.1, 0.15) is 11.1 Å². The molecular formula is C18H22N2O3S. The number of benzene rings is 1. The third-order valence-corrected chi connectivity index (χ3v) is 5.94. The van der Waals surface area contributed by atoms with Gasteiger partial charge in [0, 0.05) is 25.9 Å². The van der Waals surface area contributed by atoms with Crippen molar-refractivity contribution in [3.63, 3.8) is 0 Å². The van der Waals surface area contributed by atoms with E-state index >= 15 is 0 Å². The molecule has 128 valence electrons. The van der Waals surface area contributed by atoms with Crippen molar-refractivity contribution in [3.8, 4) is 0 Å². The standard InChI is InChI=1S/C18H22N2O3S/c1-11(17-19-14-6-4-5-7-15(14)24-17)12(2)23-18(22)13-8-9-20(3)16(21)10-13/h4-7,11-13H,8-10H2,1-3H3. The quantitative estimate of drug-likeness (QED) is 0.798. The van der Waals surface area contributed by atoms with Gasteiger partial charge in [-0.25, -0.2) is 4.98 Å². The van der Waals surface area contributed by atoms with Crippen molar-refractivity contribution in [1.82, 2.24) is 9.88 Å². The van der Waals surface area contributed by atoms with E-state index in [0.717, 1.165) is 15.2 Å². The highest BCUT2D eigenvalue weighted by Gasteiger charge is 2.32. The summed E-state index contributed by atoms with van der Waals surface area (Å²) in [6.45, 7) is 4.53. The zero-order valence-corrected chi connectivity index (χ0v) is 15.0. The Kier molecular flexibility index (Phi) is 4.85. The van der Waals surface area contributed by atoms with Gasteiger partial charge < -0.3 is 9.64 Å². The number of nitrogens with zero attached hydrogens (tertiary/aromatic N) is 2. The predicted molar refractivity (Wildman–Crippen MR) is 94.0 cm³/mol. The number of carbonyl (C=O) groups excluding carboxylic acids is 2. The number of rotatable bonds is 4. The second-order valence-corrected chi connectivity index (χ2v) is 7.52. The number of carbonyl (C=O) groups is 2. The van der Waals surface area contributed by atoms with Crippen LogP contribution in [0.3, 0.4) is 0 Å². The first-order valence-electron chi connectivity index (χ1n) is 8.25. The number of fused-ring (bicyclic) bond motifs is 1. The van der Waals surface area contributed by atoms with Crippen LogP contribution in [0.25, 0.3) is 10.2 Å². The molecule has 24 heavy (non-hydrogen) atoms. The lowest BCUT2D eigenvalue weighted by Gasteiger charge is -2.29. The molecular weight excluding hydrogens is 324 g/mol. The third kappa shape index (κ3) is 3.43. The van der Waals surface area contributed by atoms with E-state index in [1.807, 2.05) is 38.1 Å². The van der Waals surface area contributed by atoms with Crippen LogP contribution in [0.4, 0.5) is 0 Å². The molecule has 3 unspecified atom stereocenters. The average Bonchev–Trinajstić information content (AvgIpc) is 3.00. The Morgan fingerprint density at radius 1 is 1.38 bits per heavy atom. The molecule has 0 aliphatic carbocycles. The molecule has 1 aromatic heterocycles. The summed E-state index contributed by atoms with van der Waals surface area (Å²) >= 11 is 1.63. The number of aromatic nitrogens is 1. The number of amides is 1. The minimum atomic E-state index is -0.321. The molecule has 0 spiro atoms. The van der Waals surface area contributed by atoms with Gasteiger partial charge in [-0.3, -0.25) is 9.59 Å². The lowest BCUT2D eigenvalue weighted by molar-refractivity contribution is -0.158. The first-order chi connectivity index (χ1) is 11.5. The number of esters is 1. The van der Waals surface area contributed by atoms with Crippen molar-refractivity contribution in [2.45, 2.75) is 38.7 Å². The van der Waals surface area contributed by atoms with E-state index in [9.17, 15) is 9.59 Å². The molecule has 2 aromatic rings. The molecule has 0 saturated carbocycles. The van der Waals surface area contributed by atoms with Crippen LogP contribution in [0.2, 0.25) is 0 Å². The van der Waals surface area contributed by atoms with Crippen LogP contribution in [-0.4, -0.2) is 41.5 Å². The van der Waals surface area contributed by atoms with Gasteiger partial charge in [-0.05, 0) is 25.5 Å². The molecule has 1 aromatic carbocycles. The molecule has 1 aliphatic heterocycles. The highest BCUT2D eigenvalue weighted by atomic mass is 32.1. The smallest absolute Gasteiger partial charge is 0.309 e. The topological polar surface area (TPSA) is 59.5 Å². The second kappa shape index (κ2) is 6.89. The largest absolute Gasteiger partial charge is 0.462 e. The van der Waals surface area contributed by atoms with E-state index in [2.05, 4.69) is 4.98 Å². The average molecular weight is 346 g/mol. The van der Waals surface area contributed by atoms with Crippen LogP contribution in [0.5, 0.6) is 0 Å². The van der Waals surface area contributed by atoms with Gasteiger partial charge in [-0.1, -0.05) is 19.1 Å². The van der Waals surface area contributed by atoms with Crippen molar-refractivity contribution in [3.05, 3.63) is 29.3 Å². The first-order valence-corrected chi connectivity index (χ1v) is 9.07. The Morgan fingerprint density at radius 2 is 2.12 bits per heavy atom. The van der Waals surface area contributed by atoms with Crippen LogP contribution in [0.1, 0.15) is 37.6 Å². The normalized spacial score (nSPS) is 20.9. The lowest BCUT2D eigenvalue weighted by atomic mass is 9.96. The fraction of sp³-hybridized carbons (Fsp3) is 0.500. The molecule has 0 bridgehead atoms. The summed E-state index contributed by atoms with van der Waals surface area (Å²) in [4.78, 5) is 30.4. The molecule has 0 radical (unpaired) electrons. The fourth-order valence-electron chi connectivity index (χ4n) is 2.81. The fourth-order valence-corrected chi connectivity index (χ4v) is 3.92. The molecule has 3 atom stereocenters.